The molecule has 0 unspecified atom stereocenters. The van der Waals surface area contributed by atoms with Crippen molar-refractivity contribution in [2.45, 2.75) is 13.1 Å². The lowest BCUT2D eigenvalue weighted by atomic mass is 10.1. The van der Waals surface area contributed by atoms with E-state index in [0.717, 1.165) is 11.1 Å². The maximum atomic E-state index is 12.8. The summed E-state index contributed by atoms with van der Waals surface area (Å²) in [6, 6.07) is 7.34. The molecule has 2 heterocycles. The summed E-state index contributed by atoms with van der Waals surface area (Å²) >= 11 is 0. The number of hydrogen-bond donors (Lipinski definition) is 0. The molecule has 24 heavy (non-hydrogen) atoms. The van der Waals surface area contributed by atoms with Gasteiger partial charge in [-0.1, -0.05) is 24.1 Å². The van der Waals surface area contributed by atoms with Gasteiger partial charge in [0.1, 0.15) is 18.9 Å². The van der Waals surface area contributed by atoms with E-state index in [1.54, 1.807) is 23.2 Å². The van der Waals surface area contributed by atoms with Crippen LogP contribution in [0.4, 0.5) is 0 Å². The monoisotopic (exact) mass is 343 g/mol. The molecule has 0 amide bonds. The minimum Gasteiger partial charge on any atom is -0.487 e. The number of nitrogens with zero attached hydrogens (tertiary/aromatic N) is 3. The lowest BCUT2D eigenvalue weighted by molar-refractivity contribution is 0.350. The molecule has 124 valence electrons. The van der Waals surface area contributed by atoms with Crippen molar-refractivity contribution in [3.63, 3.8) is 0 Å². The van der Waals surface area contributed by atoms with E-state index < -0.39 is 10.0 Å². The predicted molar refractivity (Wildman–Crippen MR) is 91.4 cm³/mol. The number of fused-ring (bicyclic) bond motifs is 1. The van der Waals surface area contributed by atoms with Crippen molar-refractivity contribution in [2.75, 3.05) is 13.7 Å². The average Bonchev–Trinajstić information content (AvgIpc) is 3.01. The third-order valence-corrected chi connectivity index (χ3v) is 5.54. The first-order valence-electron chi connectivity index (χ1n) is 7.34. The topological polar surface area (TPSA) is 64.4 Å². The maximum absolute atomic E-state index is 12.8. The molecule has 0 fully saturated rings. The van der Waals surface area contributed by atoms with Crippen molar-refractivity contribution < 1.29 is 13.2 Å². The van der Waals surface area contributed by atoms with E-state index in [1.807, 2.05) is 24.3 Å². The molecular formula is C17H17N3O3S. The highest BCUT2D eigenvalue weighted by Gasteiger charge is 2.27. The second-order valence-electron chi connectivity index (χ2n) is 5.45. The summed E-state index contributed by atoms with van der Waals surface area (Å²) in [7, 11) is -2.08. The predicted octanol–water partition coefficient (Wildman–Crippen LogP) is 1.71. The first kappa shape index (κ1) is 16.3. The van der Waals surface area contributed by atoms with Crippen molar-refractivity contribution >= 4 is 16.1 Å². The summed E-state index contributed by atoms with van der Waals surface area (Å²) in [6.45, 7) is 0.595. The van der Waals surface area contributed by atoms with Gasteiger partial charge in [0.15, 0.2) is 0 Å². The molecule has 7 heteroatoms. The molecule has 2 aromatic rings. The molecule has 1 aromatic carbocycles. The summed E-state index contributed by atoms with van der Waals surface area (Å²) in [6.07, 6.45) is 10.3. The minimum absolute atomic E-state index is 0.0278. The van der Waals surface area contributed by atoms with Gasteiger partial charge in [-0.2, -0.15) is 9.40 Å². The van der Waals surface area contributed by atoms with Gasteiger partial charge in [-0.25, -0.2) is 8.42 Å². The average molecular weight is 343 g/mol. The van der Waals surface area contributed by atoms with Crippen LogP contribution in [0.3, 0.4) is 0 Å². The van der Waals surface area contributed by atoms with Crippen LogP contribution < -0.4 is 4.74 Å². The van der Waals surface area contributed by atoms with Crippen LogP contribution in [0.1, 0.15) is 11.1 Å². The summed E-state index contributed by atoms with van der Waals surface area (Å²) < 4.78 is 33.9. The molecule has 0 saturated heterocycles. The normalized spacial score (nSPS) is 13.8. The van der Waals surface area contributed by atoms with E-state index in [-0.39, 0.29) is 18.1 Å². The zero-order valence-electron chi connectivity index (χ0n) is 13.2. The Morgan fingerprint density at radius 1 is 1.42 bits per heavy atom. The van der Waals surface area contributed by atoms with Crippen LogP contribution >= 0.6 is 0 Å². The molecule has 0 N–H and O–H groups in total. The highest BCUT2D eigenvalue weighted by Crippen LogP contribution is 2.29. The molecule has 1 aromatic heterocycles. The van der Waals surface area contributed by atoms with Gasteiger partial charge in [0.2, 0.25) is 10.0 Å². The number of para-hydroxylation sites is 1. The van der Waals surface area contributed by atoms with Crippen LogP contribution in [0.25, 0.3) is 6.08 Å². The Kier molecular flexibility index (Phi) is 4.42. The van der Waals surface area contributed by atoms with Crippen LogP contribution in [-0.4, -0.2) is 36.2 Å². The highest BCUT2D eigenvalue weighted by molar-refractivity contribution is 7.93. The zero-order valence-corrected chi connectivity index (χ0v) is 14.0. The number of rotatable bonds is 5. The van der Waals surface area contributed by atoms with E-state index in [0.29, 0.717) is 12.3 Å². The Morgan fingerprint density at radius 3 is 3.00 bits per heavy atom. The Labute approximate surface area is 141 Å². The van der Waals surface area contributed by atoms with E-state index >= 15 is 0 Å². The standard InChI is InChI=1S/C17H17N3O3S/c1-3-8-20-12-14(10-18-20)11-19(2)24(21,22)16-9-15-6-4-5-7-17(15)23-13-16/h1,4-7,9-10,12H,8,11,13H2,2H3. The van der Waals surface area contributed by atoms with Crippen molar-refractivity contribution in [3.05, 3.63) is 52.7 Å². The van der Waals surface area contributed by atoms with Gasteiger partial charge in [0, 0.05) is 30.9 Å². The first-order valence-corrected chi connectivity index (χ1v) is 8.78. The molecule has 0 radical (unpaired) electrons. The van der Waals surface area contributed by atoms with Crippen LogP contribution in [0.15, 0.2) is 41.6 Å². The van der Waals surface area contributed by atoms with E-state index in [1.165, 1.54) is 11.4 Å². The van der Waals surface area contributed by atoms with Gasteiger partial charge in [0.05, 0.1) is 11.1 Å². The minimum atomic E-state index is -3.61. The van der Waals surface area contributed by atoms with Crippen molar-refractivity contribution in [1.82, 2.24) is 14.1 Å². The van der Waals surface area contributed by atoms with E-state index in [4.69, 9.17) is 11.2 Å². The third kappa shape index (κ3) is 3.20. The number of aromatic nitrogens is 2. The smallest absolute Gasteiger partial charge is 0.242 e. The van der Waals surface area contributed by atoms with E-state index in [2.05, 4.69) is 11.0 Å². The molecule has 0 aliphatic carbocycles. The zero-order chi connectivity index (χ0) is 17.2. The molecule has 0 saturated carbocycles. The SMILES string of the molecule is C#CCn1cc(CN(C)S(=O)(=O)C2=Cc3ccccc3OC2)cn1. The van der Waals surface area contributed by atoms with Gasteiger partial charge in [-0.3, -0.25) is 4.68 Å². The summed E-state index contributed by atoms with van der Waals surface area (Å²) in [5.41, 5.74) is 1.53. The summed E-state index contributed by atoms with van der Waals surface area (Å²) in [5.74, 6) is 3.17. The fourth-order valence-electron chi connectivity index (χ4n) is 2.45. The number of terminal acetylenes is 1. The van der Waals surface area contributed by atoms with Gasteiger partial charge in [-0.15, -0.1) is 6.42 Å². The van der Waals surface area contributed by atoms with Gasteiger partial charge in [0.25, 0.3) is 0 Å². The quantitative estimate of drug-likeness (QED) is 0.776. The number of ether oxygens (including phenoxy) is 1. The van der Waals surface area contributed by atoms with Crippen molar-refractivity contribution in [3.8, 4) is 18.1 Å². The van der Waals surface area contributed by atoms with Gasteiger partial charge in [-0.05, 0) is 12.1 Å². The number of hydrogen-bond acceptors (Lipinski definition) is 4. The van der Waals surface area contributed by atoms with Crippen LogP contribution in [0.5, 0.6) is 5.75 Å². The Hall–Kier alpha value is -2.56. The highest BCUT2D eigenvalue weighted by atomic mass is 32.2. The summed E-state index contributed by atoms with van der Waals surface area (Å²) in [4.78, 5) is 0.236. The second kappa shape index (κ2) is 6.51. The molecule has 6 nitrogen and oxygen atoms in total. The molecular weight excluding hydrogens is 326 g/mol. The largest absolute Gasteiger partial charge is 0.487 e. The number of sulfonamides is 1. The summed E-state index contributed by atoms with van der Waals surface area (Å²) in [5, 5.41) is 4.10. The molecule has 0 atom stereocenters. The lowest BCUT2D eigenvalue weighted by Gasteiger charge is -2.22. The van der Waals surface area contributed by atoms with Crippen LogP contribution in [0.2, 0.25) is 0 Å². The third-order valence-electron chi connectivity index (χ3n) is 3.69. The number of benzene rings is 1. The van der Waals surface area contributed by atoms with Crippen molar-refractivity contribution in [1.29, 1.82) is 0 Å². The molecule has 0 spiro atoms. The molecule has 1 aliphatic rings. The van der Waals surface area contributed by atoms with Crippen LogP contribution in [0, 0.1) is 12.3 Å². The molecule has 1 aliphatic heterocycles. The van der Waals surface area contributed by atoms with Gasteiger partial charge >= 0.3 is 0 Å². The Morgan fingerprint density at radius 2 is 2.21 bits per heavy atom. The maximum Gasteiger partial charge on any atom is 0.242 e. The van der Waals surface area contributed by atoms with Gasteiger partial charge < -0.3 is 4.74 Å². The van der Waals surface area contributed by atoms with Crippen LogP contribution in [-0.2, 0) is 23.1 Å². The molecule has 0 bridgehead atoms. The fraction of sp³-hybridized carbons (Fsp3) is 0.235. The van der Waals surface area contributed by atoms with Crippen molar-refractivity contribution in [2.24, 2.45) is 0 Å². The fourth-order valence-corrected chi connectivity index (χ4v) is 3.66. The second-order valence-corrected chi connectivity index (χ2v) is 7.55. The first-order chi connectivity index (χ1) is 11.5. The Balaban J connectivity index is 1.80. The Bertz CT molecular complexity index is 923. The van der Waals surface area contributed by atoms with E-state index in [9.17, 15) is 8.42 Å². The molecule has 3 rings (SSSR count). The lowest BCUT2D eigenvalue weighted by Crippen LogP contribution is -2.30.